The van der Waals surface area contributed by atoms with Crippen LogP contribution in [0.2, 0.25) is 0 Å². The number of carbonyl (C=O) groups is 1. The molecule has 1 aliphatic carbocycles. The minimum atomic E-state index is -0.189. The normalized spacial score (nSPS) is 13.9. The summed E-state index contributed by atoms with van der Waals surface area (Å²) in [6, 6.07) is 5.96. The summed E-state index contributed by atoms with van der Waals surface area (Å²) in [6.45, 7) is 1.93. The average Bonchev–Trinajstić information content (AvgIpc) is 3.26. The lowest BCUT2D eigenvalue weighted by Gasteiger charge is -2.09. The molecule has 7 heteroatoms. The highest BCUT2D eigenvalue weighted by atomic mass is 32.1. The lowest BCUT2D eigenvalue weighted by atomic mass is 10.1. The van der Waals surface area contributed by atoms with Gasteiger partial charge in [0.2, 0.25) is 0 Å². The number of hydrogen-bond donors (Lipinski definition) is 3. The van der Waals surface area contributed by atoms with E-state index >= 15 is 0 Å². The van der Waals surface area contributed by atoms with Crippen molar-refractivity contribution >= 4 is 44.7 Å². The van der Waals surface area contributed by atoms with Crippen LogP contribution in [0.25, 0.3) is 10.2 Å². The number of carbonyl (C=O) groups excluding carboxylic acids is 1. The van der Waals surface area contributed by atoms with Crippen LogP contribution < -0.4 is 16.4 Å². The van der Waals surface area contributed by atoms with Crippen LogP contribution >= 0.6 is 11.3 Å². The second kappa shape index (κ2) is 5.76. The molecular formula is C17H17N5OS. The van der Waals surface area contributed by atoms with Gasteiger partial charge in [0.25, 0.3) is 5.91 Å². The summed E-state index contributed by atoms with van der Waals surface area (Å²) in [5, 5.41) is 8.14. The Morgan fingerprint density at radius 1 is 1.33 bits per heavy atom. The first-order valence-electron chi connectivity index (χ1n) is 7.78. The zero-order valence-corrected chi connectivity index (χ0v) is 14.0. The maximum atomic E-state index is 12.7. The molecule has 3 aromatic rings. The number of benzene rings is 1. The first kappa shape index (κ1) is 14.9. The van der Waals surface area contributed by atoms with Crippen LogP contribution in [-0.4, -0.2) is 21.9 Å². The smallest absolute Gasteiger partial charge is 0.258 e. The van der Waals surface area contributed by atoms with E-state index in [-0.39, 0.29) is 5.91 Å². The zero-order valence-electron chi connectivity index (χ0n) is 13.2. The Morgan fingerprint density at radius 3 is 2.96 bits per heavy atom. The third kappa shape index (κ3) is 2.78. The van der Waals surface area contributed by atoms with E-state index in [2.05, 4.69) is 20.6 Å². The Bertz CT molecular complexity index is 932. The van der Waals surface area contributed by atoms with Gasteiger partial charge in [-0.3, -0.25) is 4.79 Å². The Hall–Kier alpha value is -2.67. The minimum Gasteiger partial charge on any atom is -0.399 e. The van der Waals surface area contributed by atoms with E-state index < -0.39 is 0 Å². The molecule has 4 rings (SSSR count). The summed E-state index contributed by atoms with van der Waals surface area (Å²) in [5.41, 5.74) is 9.33. The van der Waals surface area contributed by atoms with Crippen LogP contribution in [0.5, 0.6) is 0 Å². The fourth-order valence-electron chi connectivity index (χ4n) is 2.50. The van der Waals surface area contributed by atoms with Crippen LogP contribution in [0.3, 0.4) is 0 Å². The zero-order chi connectivity index (χ0) is 16.7. The molecule has 0 aliphatic heterocycles. The predicted octanol–water partition coefficient (Wildman–Crippen LogP) is 3.41. The van der Waals surface area contributed by atoms with Gasteiger partial charge in [-0.1, -0.05) is 6.07 Å². The number of rotatable bonds is 4. The van der Waals surface area contributed by atoms with Crippen molar-refractivity contribution in [2.45, 2.75) is 25.8 Å². The quantitative estimate of drug-likeness (QED) is 0.633. The molecular weight excluding hydrogens is 322 g/mol. The summed E-state index contributed by atoms with van der Waals surface area (Å²) in [5.74, 6) is 0.623. The summed E-state index contributed by atoms with van der Waals surface area (Å²) in [6.07, 6.45) is 3.83. The Morgan fingerprint density at radius 2 is 2.17 bits per heavy atom. The van der Waals surface area contributed by atoms with Gasteiger partial charge in [0.15, 0.2) is 0 Å². The van der Waals surface area contributed by atoms with Gasteiger partial charge < -0.3 is 16.4 Å². The highest BCUT2D eigenvalue weighted by molar-refractivity contribution is 7.18. The van der Waals surface area contributed by atoms with Crippen LogP contribution in [-0.2, 0) is 0 Å². The minimum absolute atomic E-state index is 0.189. The fraction of sp³-hybridized carbons (Fsp3) is 0.235. The molecule has 1 aromatic carbocycles. The number of aromatic nitrogens is 2. The number of thiophene rings is 1. The largest absolute Gasteiger partial charge is 0.399 e. The third-order valence-electron chi connectivity index (χ3n) is 4.03. The van der Waals surface area contributed by atoms with Crippen LogP contribution in [0, 0.1) is 6.92 Å². The summed E-state index contributed by atoms with van der Waals surface area (Å²) in [7, 11) is 0. The number of nitrogens with one attached hydrogen (secondary N) is 2. The Kier molecular flexibility index (Phi) is 3.57. The first-order chi connectivity index (χ1) is 11.6. The van der Waals surface area contributed by atoms with Gasteiger partial charge in [-0.2, -0.15) is 0 Å². The molecule has 122 valence electrons. The van der Waals surface area contributed by atoms with Crippen molar-refractivity contribution in [1.82, 2.24) is 9.97 Å². The van der Waals surface area contributed by atoms with E-state index in [1.807, 2.05) is 24.4 Å². The van der Waals surface area contributed by atoms with Crippen molar-refractivity contribution in [3.05, 3.63) is 41.0 Å². The van der Waals surface area contributed by atoms with Crippen LogP contribution in [0.15, 0.2) is 29.9 Å². The summed E-state index contributed by atoms with van der Waals surface area (Å²) in [4.78, 5) is 21.3. The molecule has 0 saturated heterocycles. The molecule has 1 saturated carbocycles. The van der Waals surface area contributed by atoms with Crippen molar-refractivity contribution in [1.29, 1.82) is 0 Å². The topological polar surface area (TPSA) is 92.9 Å². The van der Waals surface area contributed by atoms with Crippen molar-refractivity contribution in [3.63, 3.8) is 0 Å². The van der Waals surface area contributed by atoms with Gasteiger partial charge in [-0.25, -0.2) is 9.97 Å². The average molecular weight is 339 g/mol. The second-order valence-electron chi connectivity index (χ2n) is 6.00. The van der Waals surface area contributed by atoms with Gasteiger partial charge in [-0.05, 0) is 37.5 Å². The van der Waals surface area contributed by atoms with Gasteiger partial charge >= 0.3 is 0 Å². The highest BCUT2D eigenvalue weighted by Crippen LogP contribution is 2.33. The Balaban J connectivity index is 1.66. The summed E-state index contributed by atoms with van der Waals surface area (Å²) >= 11 is 1.48. The van der Waals surface area contributed by atoms with Crippen molar-refractivity contribution in [2.24, 2.45) is 0 Å². The van der Waals surface area contributed by atoms with Crippen molar-refractivity contribution < 1.29 is 4.79 Å². The van der Waals surface area contributed by atoms with Gasteiger partial charge in [0.1, 0.15) is 12.1 Å². The molecule has 0 bridgehead atoms. The number of nitrogens with zero attached hydrogens (tertiary/aromatic N) is 2. The molecule has 4 N–H and O–H groups in total. The molecule has 2 heterocycles. The van der Waals surface area contributed by atoms with Crippen LogP contribution in [0.4, 0.5) is 17.2 Å². The third-order valence-corrected chi connectivity index (χ3v) is 5.00. The van der Waals surface area contributed by atoms with E-state index in [0.717, 1.165) is 16.1 Å². The standard InChI is InChI=1S/C17H17N5OS/c1-9-2-3-10(18)6-13(9)22-17(23)12-7-24-15-14(12)19-8-20-16(15)21-11-4-5-11/h2-3,6-8,11H,4-5,18H2,1H3,(H,22,23)(H,19,20,21). The van der Waals surface area contributed by atoms with E-state index in [4.69, 9.17) is 5.73 Å². The van der Waals surface area contributed by atoms with Gasteiger partial charge in [0.05, 0.1) is 15.8 Å². The predicted molar refractivity (Wildman–Crippen MR) is 97.6 cm³/mol. The number of anilines is 3. The molecule has 2 aromatic heterocycles. The Labute approximate surface area is 143 Å². The number of nitrogens with two attached hydrogens (primary N) is 1. The lowest BCUT2D eigenvalue weighted by Crippen LogP contribution is -2.13. The van der Waals surface area contributed by atoms with Gasteiger partial charge in [-0.15, -0.1) is 11.3 Å². The molecule has 0 unspecified atom stereocenters. The second-order valence-corrected chi connectivity index (χ2v) is 6.88. The molecule has 1 aliphatic rings. The van der Waals surface area contributed by atoms with Crippen molar-refractivity contribution in [3.8, 4) is 0 Å². The molecule has 0 radical (unpaired) electrons. The monoisotopic (exact) mass is 339 g/mol. The maximum absolute atomic E-state index is 12.7. The van der Waals surface area contributed by atoms with Crippen molar-refractivity contribution in [2.75, 3.05) is 16.4 Å². The van der Waals surface area contributed by atoms with E-state index in [9.17, 15) is 4.79 Å². The molecule has 6 nitrogen and oxygen atoms in total. The molecule has 1 amide bonds. The maximum Gasteiger partial charge on any atom is 0.258 e. The molecule has 1 fully saturated rings. The fourth-order valence-corrected chi connectivity index (χ4v) is 3.45. The first-order valence-corrected chi connectivity index (χ1v) is 8.66. The number of nitrogen functional groups attached to an aromatic ring is 1. The number of amides is 1. The molecule has 0 spiro atoms. The van der Waals surface area contributed by atoms with E-state index in [1.165, 1.54) is 30.5 Å². The van der Waals surface area contributed by atoms with E-state index in [0.29, 0.717) is 28.5 Å². The lowest BCUT2D eigenvalue weighted by molar-refractivity contribution is 0.102. The number of hydrogen-bond acceptors (Lipinski definition) is 6. The van der Waals surface area contributed by atoms with E-state index in [1.54, 1.807) is 6.07 Å². The number of aryl methyl sites for hydroxylation is 1. The molecule has 24 heavy (non-hydrogen) atoms. The summed E-state index contributed by atoms with van der Waals surface area (Å²) < 4.78 is 0.916. The number of fused-ring (bicyclic) bond motifs is 1. The van der Waals surface area contributed by atoms with Crippen LogP contribution in [0.1, 0.15) is 28.8 Å². The highest BCUT2D eigenvalue weighted by Gasteiger charge is 2.24. The molecule has 0 atom stereocenters. The SMILES string of the molecule is Cc1ccc(N)cc1NC(=O)c1csc2c(NC3CC3)ncnc12. The van der Waals surface area contributed by atoms with Gasteiger partial charge in [0, 0.05) is 22.8 Å².